The number of thiophene rings is 1. The molecule has 0 saturated heterocycles. The monoisotopic (exact) mass is 265 g/mol. The van der Waals surface area contributed by atoms with E-state index in [9.17, 15) is 0 Å². The van der Waals surface area contributed by atoms with Gasteiger partial charge < -0.3 is 5.32 Å². The van der Waals surface area contributed by atoms with Crippen molar-refractivity contribution in [1.29, 1.82) is 0 Å². The first kappa shape index (κ1) is 12.6. The fourth-order valence-corrected chi connectivity index (χ4v) is 3.09. The summed E-state index contributed by atoms with van der Waals surface area (Å²) in [5, 5.41) is 6.24. The summed E-state index contributed by atoms with van der Waals surface area (Å²) in [4.78, 5) is 1.27. The maximum atomic E-state index is 6.35. The molecule has 0 radical (unpaired) electrons. The van der Waals surface area contributed by atoms with Crippen LogP contribution in [-0.4, -0.2) is 6.54 Å². The number of aryl methyl sites for hydroxylation is 1. The maximum absolute atomic E-state index is 6.35. The number of rotatable bonds is 4. The number of halogens is 1. The Labute approximate surface area is 111 Å². The van der Waals surface area contributed by atoms with Crippen molar-refractivity contribution in [2.45, 2.75) is 20.4 Å². The van der Waals surface area contributed by atoms with E-state index in [2.05, 4.69) is 48.8 Å². The highest BCUT2D eigenvalue weighted by Gasteiger charge is 2.08. The third kappa shape index (κ3) is 2.89. The topological polar surface area (TPSA) is 12.0 Å². The van der Waals surface area contributed by atoms with E-state index in [1.54, 1.807) is 11.3 Å². The van der Waals surface area contributed by atoms with Crippen molar-refractivity contribution in [2.24, 2.45) is 0 Å². The Bertz CT molecular complexity index is 505. The lowest BCUT2D eigenvalue weighted by molar-refractivity contribution is 0.727. The molecule has 0 fully saturated rings. The van der Waals surface area contributed by atoms with Gasteiger partial charge in [0.1, 0.15) is 0 Å². The Balaban J connectivity index is 2.29. The lowest BCUT2D eigenvalue weighted by Crippen LogP contribution is -2.11. The average Bonchev–Trinajstić information content (AvgIpc) is 2.73. The largest absolute Gasteiger partial charge is 0.313 e. The Morgan fingerprint density at radius 2 is 2.12 bits per heavy atom. The molecular weight excluding hydrogens is 250 g/mol. The Morgan fingerprint density at radius 1 is 1.29 bits per heavy atom. The summed E-state index contributed by atoms with van der Waals surface area (Å²) in [5.74, 6) is 0. The van der Waals surface area contributed by atoms with Gasteiger partial charge in [-0.25, -0.2) is 0 Å². The maximum Gasteiger partial charge on any atom is 0.0495 e. The van der Waals surface area contributed by atoms with Crippen LogP contribution in [0.25, 0.3) is 10.4 Å². The number of hydrogen-bond donors (Lipinski definition) is 1. The van der Waals surface area contributed by atoms with Gasteiger partial charge in [-0.15, -0.1) is 11.3 Å². The molecule has 1 heterocycles. The van der Waals surface area contributed by atoms with Crippen LogP contribution in [0.3, 0.4) is 0 Å². The van der Waals surface area contributed by atoms with Crippen molar-refractivity contribution < 1.29 is 0 Å². The van der Waals surface area contributed by atoms with E-state index in [0.29, 0.717) is 0 Å². The minimum absolute atomic E-state index is 0.839. The normalized spacial score (nSPS) is 10.8. The lowest BCUT2D eigenvalue weighted by atomic mass is 10.1. The lowest BCUT2D eigenvalue weighted by Gasteiger charge is -2.07. The van der Waals surface area contributed by atoms with Crippen molar-refractivity contribution in [3.8, 4) is 10.4 Å². The van der Waals surface area contributed by atoms with Gasteiger partial charge in [-0.1, -0.05) is 30.7 Å². The summed E-state index contributed by atoms with van der Waals surface area (Å²) in [6, 6.07) is 8.44. The summed E-state index contributed by atoms with van der Waals surface area (Å²) in [5.41, 5.74) is 3.66. The molecule has 1 N–H and O–H groups in total. The third-order valence-electron chi connectivity index (χ3n) is 2.72. The molecule has 0 spiro atoms. The quantitative estimate of drug-likeness (QED) is 0.859. The molecule has 0 atom stereocenters. The Hall–Kier alpha value is -0.830. The molecule has 0 bridgehead atoms. The highest BCUT2D eigenvalue weighted by atomic mass is 35.5. The molecule has 0 aliphatic rings. The van der Waals surface area contributed by atoms with Gasteiger partial charge in [0.2, 0.25) is 0 Å². The molecular formula is C14H16ClNS. The van der Waals surface area contributed by atoms with E-state index in [1.165, 1.54) is 16.0 Å². The predicted molar refractivity (Wildman–Crippen MR) is 76.9 cm³/mol. The van der Waals surface area contributed by atoms with Gasteiger partial charge >= 0.3 is 0 Å². The third-order valence-corrected chi connectivity index (χ3v) is 4.08. The smallest absolute Gasteiger partial charge is 0.0495 e. The minimum Gasteiger partial charge on any atom is -0.313 e. The summed E-state index contributed by atoms with van der Waals surface area (Å²) >= 11 is 8.09. The van der Waals surface area contributed by atoms with Crippen molar-refractivity contribution in [1.82, 2.24) is 5.32 Å². The van der Waals surface area contributed by atoms with Crippen molar-refractivity contribution in [2.75, 3.05) is 6.54 Å². The van der Waals surface area contributed by atoms with Crippen LogP contribution in [0.1, 0.15) is 18.1 Å². The van der Waals surface area contributed by atoms with Gasteiger partial charge in [-0.2, -0.15) is 0 Å². The molecule has 1 nitrogen and oxygen atoms in total. The van der Waals surface area contributed by atoms with Crippen molar-refractivity contribution in [3.05, 3.63) is 45.8 Å². The first-order valence-electron chi connectivity index (χ1n) is 5.76. The number of hydrogen-bond acceptors (Lipinski definition) is 2. The molecule has 3 heteroatoms. The molecule has 0 aliphatic heterocycles. The molecule has 90 valence electrons. The van der Waals surface area contributed by atoms with Crippen LogP contribution in [0.4, 0.5) is 0 Å². The van der Waals surface area contributed by atoms with Crippen LogP contribution in [0.5, 0.6) is 0 Å². The second-order valence-corrected chi connectivity index (χ2v) is 5.35. The van der Waals surface area contributed by atoms with Gasteiger partial charge in [0.25, 0.3) is 0 Å². The first-order valence-corrected chi connectivity index (χ1v) is 7.01. The van der Waals surface area contributed by atoms with E-state index in [4.69, 9.17) is 11.6 Å². The van der Waals surface area contributed by atoms with Crippen molar-refractivity contribution in [3.63, 3.8) is 0 Å². The molecule has 1 aromatic carbocycles. The Kier molecular flexibility index (Phi) is 4.21. The van der Waals surface area contributed by atoms with Gasteiger partial charge in [0.15, 0.2) is 0 Å². The van der Waals surface area contributed by atoms with Crippen LogP contribution in [0, 0.1) is 6.92 Å². The van der Waals surface area contributed by atoms with E-state index in [-0.39, 0.29) is 0 Å². The molecule has 17 heavy (non-hydrogen) atoms. The van der Waals surface area contributed by atoms with Crippen LogP contribution in [0.2, 0.25) is 5.02 Å². The summed E-state index contributed by atoms with van der Waals surface area (Å²) < 4.78 is 0. The summed E-state index contributed by atoms with van der Waals surface area (Å²) in [7, 11) is 0. The highest BCUT2D eigenvalue weighted by molar-refractivity contribution is 7.13. The van der Waals surface area contributed by atoms with Crippen LogP contribution >= 0.6 is 22.9 Å². The highest BCUT2D eigenvalue weighted by Crippen LogP contribution is 2.34. The minimum atomic E-state index is 0.839. The summed E-state index contributed by atoms with van der Waals surface area (Å²) in [6.45, 7) is 6.07. The van der Waals surface area contributed by atoms with E-state index >= 15 is 0 Å². The van der Waals surface area contributed by atoms with Crippen LogP contribution in [-0.2, 0) is 6.54 Å². The number of benzene rings is 1. The summed E-state index contributed by atoms with van der Waals surface area (Å²) in [6.07, 6.45) is 0. The zero-order valence-electron chi connectivity index (χ0n) is 10.1. The molecule has 0 unspecified atom stereocenters. The molecule has 0 saturated carbocycles. The zero-order valence-corrected chi connectivity index (χ0v) is 11.7. The van der Waals surface area contributed by atoms with E-state index < -0.39 is 0 Å². The molecule has 2 rings (SSSR count). The average molecular weight is 266 g/mol. The van der Waals surface area contributed by atoms with E-state index in [0.717, 1.165) is 23.7 Å². The van der Waals surface area contributed by atoms with Gasteiger partial charge in [0.05, 0.1) is 0 Å². The predicted octanol–water partition coefficient (Wildman–Crippen LogP) is 4.49. The standard InChI is InChI=1S/C14H16ClNS/c1-3-16-9-11-4-5-12(13(15)8-11)14-10(2)6-7-17-14/h4-8,16H,3,9H2,1-2H3. The van der Waals surface area contributed by atoms with Crippen molar-refractivity contribution >= 4 is 22.9 Å². The second-order valence-electron chi connectivity index (χ2n) is 4.03. The first-order chi connectivity index (χ1) is 8.22. The molecule has 0 aliphatic carbocycles. The van der Waals surface area contributed by atoms with Crippen LogP contribution in [0.15, 0.2) is 29.6 Å². The second kappa shape index (κ2) is 5.67. The van der Waals surface area contributed by atoms with Gasteiger partial charge in [0, 0.05) is 22.0 Å². The van der Waals surface area contributed by atoms with E-state index in [1.807, 2.05) is 0 Å². The molecule has 2 aromatic rings. The number of nitrogens with one attached hydrogen (secondary N) is 1. The zero-order chi connectivity index (χ0) is 12.3. The fraction of sp³-hybridized carbons (Fsp3) is 0.286. The van der Waals surface area contributed by atoms with Gasteiger partial charge in [-0.05, 0) is 42.1 Å². The SMILES string of the molecule is CCNCc1ccc(-c2sccc2C)c(Cl)c1. The molecule has 1 aromatic heterocycles. The molecule has 0 amide bonds. The Morgan fingerprint density at radius 3 is 2.71 bits per heavy atom. The van der Waals surface area contributed by atoms with Gasteiger partial charge in [-0.3, -0.25) is 0 Å². The fourth-order valence-electron chi connectivity index (χ4n) is 1.77. The van der Waals surface area contributed by atoms with Crippen LogP contribution < -0.4 is 5.32 Å².